The molecular weight excluding hydrogens is 490 g/mol. The van der Waals surface area contributed by atoms with Gasteiger partial charge in [-0.2, -0.15) is 10.5 Å². The number of carbonyl (C=O) groups excluding carboxylic acids is 4. The average Bonchev–Trinajstić information content (AvgIpc) is 3.26. The number of ketones is 1. The second kappa shape index (κ2) is 9.75. The van der Waals surface area contributed by atoms with Crippen LogP contribution in [0.5, 0.6) is 0 Å². The lowest BCUT2D eigenvalue weighted by molar-refractivity contribution is -0.141. The van der Waals surface area contributed by atoms with Crippen molar-refractivity contribution in [3.63, 3.8) is 0 Å². The highest BCUT2D eigenvalue weighted by Gasteiger charge is 2.56. The Morgan fingerprint density at radius 2 is 1.68 bits per heavy atom. The highest BCUT2D eigenvalue weighted by Crippen LogP contribution is 2.56. The smallest absolute Gasteiger partial charge is 0.411 e. The van der Waals surface area contributed by atoms with Crippen molar-refractivity contribution >= 4 is 23.8 Å². The Bertz CT molecular complexity index is 1270. The third kappa shape index (κ3) is 4.71. The fourth-order valence-electron chi connectivity index (χ4n) is 6.02. The number of esters is 2. The molecule has 10 heteroatoms. The molecule has 0 aromatic carbocycles. The molecule has 0 radical (unpaired) electrons. The Kier molecular flexibility index (Phi) is 6.96. The normalized spacial score (nSPS) is 25.4. The molecule has 38 heavy (non-hydrogen) atoms. The number of rotatable bonds is 4. The summed E-state index contributed by atoms with van der Waals surface area (Å²) in [6, 6.07) is 3.59. The first-order valence-electron chi connectivity index (χ1n) is 12.6. The SMILES string of the molecule is CC(=O)OCC1=C2CC(C#N)(C#N)C3=CC4CCC(C3C(COC(C)=O)=C2CC1=O)N4C(=O)OC(C)(C)C. The van der Waals surface area contributed by atoms with Crippen LogP contribution in [0.15, 0.2) is 33.9 Å². The monoisotopic (exact) mass is 521 g/mol. The van der Waals surface area contributed by atoms with Crippen LogP contribution in [0.3, 0.4) is 0 Å². The quantitative estimate of drug-likeness (QED) is 0.308. The minimum Gasteiger partial charge on any atom is -0.461 e. The number of nitrogens with zero attached hydrogens (tertiary/aromatic N) is 3. The van der Waals surface area contributed by atoms with Crippen molar-refractivity contribution in [3.05, 3.63) is 33.9 Å². The maximum Gasteiger partial charge on any atom is 0.411 e. The Balaban J connectivity index is 1.94. The lowest BCUT2D eigenvalue weighted by Gasteiger charge is -2.43. The number of hydrogen-bond donors (Lipinski definition) is 0. The van der Waals surface area contributed by atoms with Gasteiger partial charge in [-0.1, -0.05) is 6.08 Å². The summed E-state index contributed by atoms with van der Waals surface area (Å²) >= 11 is 0. The van der Waals surface area contributed by atoms with E-state index in [1.807, 2.05) is 6.08 Å². The number of carbonyl (C=O) groups is 4. The van der Waals surface area contributed by atoms with Crippen molar-refractivity contribution in [3.8, 4) is 12.1 Å². The Labute approximate surface area is 221 Å². The van der Waals surface area contributed by atoms with Gasteiger partial charge in [-0.05, 0) is 55.9 Å². The van der Waals surface area contributed by atoms with Crippen LogP contribution in [-0.4, -0.2) is 59.6 Å². The summed E-state index contributed by atoms with van der Waals surface area (Å²) in [7, 11) is 0. The molecule has 10 nitrogen and oxygen atoms in total. The van der Waals surface area contributed by atoms with Crippen molar-refractivity contribution in [2.45, 2.75) is 78.0 Å². The minimum atomic E-state index is -1.63. The Morgan fingerprint density at radius 1 is 1.05 bits per heavy atom. The van der Waals surface area contributed by atoms with Crippen LogP contribution in [0, 0.1) is 34.0 Å². The zero-order valence-corrected chi connectivity index (χ0v) is 22.3. The summed E-state index contributed by atoms with van der Waals surface area (Å²) in [5.74, 6) is -2.00. The van der Waals surface area contributed by atoms with Gasteiger partial charge in [0.25, 0.3) is 0 Å². The van der Waals surface area contributed by atoms with Crippen LogP contribution in [0.1, 0.15) is 60.3 Å². The summed E-state index contributed by atoms with van der Waals surface area (Å²) in [4.78, 5) is 51.5. The van der Waals surface area contributed by atoms with E-state index < -0.39 is 41.0 Å². The van der Waals surface area contributed by atoms with Gasteiger partial charge in [0.05, 0.1) is 18.2 Å². The molecule has 0 spiro atoms. The number of ether oxygens (including phenoxy) is 3. The van der Waals surface area contributed by atoms with Gasteiger partial charge in [-0.25, -0.2) is 4.79 Å². The number of hydrogen-bond acceptors (Lipinski definition) is 9. The number of Topliss-reactive ketones (excluding diaryl/α,β-unsaturated/α-hetero) is 1. The first kappa shape index (κ1) is 27.1. The predicted molar refractivity (Wildman–Crippen MR) is 132 cm³/mol. The highest BCUT2D eigenvalue weighted by atomic mass is 16.6. The number of amides is 1. The van der Waals surface area contributed by atoms with E-state index in [1.54, 1.807) is 25.7 Å². The molecule has 2 bridgehead atoms. The van der Waals surface area contributed by atoms with Gasteiger partial charge >= 0.3 is 18.0 Å². The molecule has 200 valence electrons. The van der Waals surface area contributed by atoms with Crippen LogP contribution in [0.4, 0.5) is 4.79 Å². The van der Waals surface area contributed by atoms with Gasteiger partial charge in [0, 0.05) is 44.2 Å². The molecule has 4 aliphatic rings. The van der Waals surface area contributed by atoms with Crippen molar-refractivity contribution in [2.24, 2.45) is 11.3 Å². The molecular formula is C28H31N3O7. The standard InChI is InChI=1S/C28H31N3O7/c1-15(32)36-11-20-19-10-28(13-29,14-30)22-8-17-6-7-23(31(17)26(35)38-27(3,4)5)25(22)21(12-37-16(2)33)18(19)9-24(20)34/h8,17,23,25H,6-7,9-12H2,1-5H3. The van der Waals surface area contributed by atoms with Crippen LogP contribution in [0.25, 0.3) is 0 Å². The van der Waals surface area contributed by atoms with Crippen LogP contribution in [0.2, 0.25) is 0 Å². The number of nitriles is 2. The number of fused-ring (bicyclic) bond motifs is 5. The van der Waals surface area contributed by atoms with Gasteiger partial charge in [-0.3, -0.25) is 19.3 Å². The molecule has 1 fully saturated rings. The first-order chi connectivity index (χ1) is 17.8. The maximum absolute atomic E-state index is 13.3. The molecule has 0 aromatic heterocycles. The van der Waals surface area contributed by atoms with Crippen LogP contribution < -0.4 is 0 Å². The van der Waals surface area contributed by atoms with E-state index in [0.717, 1.165) is 0 Å². The lowest BCUT2D eigenvalue weighted by Crippen LogP contribution is -2.51. The van der Waals surface area contributed by atoms with E-state index in [4.69, 9.17) is 14.2 Å². The Morgan fingerprint density at radius 3 is 2.26 bits per heavy atom. The van der Waals surface area contributed by atoms with Crippen molar-refractivity contribution < 1.29 is 33.4 Å². The second-order valence-electron chi connectivity index (χ2n) is 11.1. The minimum absolute atomic E-state index is 0.0398. The van der Waals surface area contributed by atoms with Gasteiger partial charge in [0.1, 0.15) is 18.8 Å². The molecule has 4 rings (SSSR count). The largest absolute Gasteiger partial charge is 0.461 e. The zero-order chi connectivity index (χ0) is 28.0. The van der Waals surface area contributed by atoms with E-state index in [9.17, 15) is 29.7 Å². The fourth-order valence-corrected chi connectivity index (χ4v) is 6.02. The molecule has 2 heterocycles. The van der Waals surface area contributed by atoms with E-state index in [1.165, 1.54) is 13.8 Å². The molecule has 0 aromatic rings. The zero-order valence-electron chi connectivity index (χ0n) is 22.3. The van der Waals surface area contributed by atoms with Gasteiger partial charge < -0.3 is 14.2 Å². The van der Waals surface area contributed by atoms with E-state index in [2.05, 4.69) is 12.1 Å². The second-order valence-corrected chi connectivity index (χ2v) is 11.1. The molecule has 1 amide bonds. The summed E-state index contributed by atoms with van der Waals surface area (Å²) < 4.78 is 16.3. The summed E-state index contributed by atoms with van der Waals surface area (Å²) in [5.41, 5.74) is 0.0535. The predicted octanol–water partition coefficient (Wildman–Crippen LogP) is 3.44. The summed E-state index contributed by atoms with van der Waals surface area (Å²) in [6.45, 7) is 7.40. The molecule has 1 saturated heterocycles. The summed E-state index contributed by atoms with van der Waals surface area (Å²) in [5, 5.41) is 20.8. The molecule has 2 aliphatic carbocycles. The molecule has 2 aliphatic heterocycles. The van der Waals surface area contributed by atoms with Crippen molar-refractivity contribution in [2.75, 3.05) is 13.2 Å². The van der Waals surface area contributed by atoms with Crippen LogP contribution >= 0.6 is 0 Å². The fraction of sp³-hybridized carbons (Fsp3) is 0.571. The van der Waals surface area contributed by atoms with Crippen molar-refractivity contribution in [1.82, 2.24) is 4.90 Å². The average molecular weight is 522 g/mol. The topological polar surface area (TPSA) is 147 Å². The summed E-state index contributed by atoms with van der Waals surface area (Å²) in [6.07, 6.45) is 2.39. The highest BCUT2D eigenvalue weighted by molar-refractivity contribution is 6.03. The van der Waals surface area contributed by atoms with Gasteiger partial charge in [-0.15, -0.1) is 0 Å². The first-order valence-corrected chi connectivity index (χ1v) is 12.6. The van der Waals surface area contributed by atoms with E-state index in [0.29, 0.717) is 35.1 Å². The maximum atomic E-state index is 13.3. The van der Waals surface area contributed by atoms with Crippen molar-refractivity contribution in [1.29, 1.82) is 10.5 Å². The molecule has 0 N–H and O–H groups in total. The third-order valence-corrected chi connectivity index (χ3v) is 7.50. The Hall–Kier alpha value is -3.92. The molecule has 3 atom stereocenters. The molecule has 0 saturated carbocycles. The van der Waals surface area contributed by atoms with Gasteiger partial charge in [0.15, 0.2) is 11.2 Å². The van der Waals surface area contributed by atoms with Crippen LogP contribution in [-0.2, 0) is 28.6 Å². The van der Waals surface area contributed by atoms with E-state index >= 15 is 0 Å². The number of allylic oxidation sites excluding steroid dienone is 2. The lowest BCUT2D eigenvalue weighted by atomic mass is 9.69. The van der Waals surface area contributed by atoms with E-state index in [-0.39, 0.29) is 43.5 Å². The third-order valence-electron chi connectivity index (χ3n) is 7.50. The molecule has 3 unspecified atom stereocenters. The van der Waals surface area contributed by atoms with Gasteiger partial charge in [0.2, 0.25) is 0 Å².